The fourth-order valence-electron chi connectivity index (χ4n) is 2.69. The van der Waals surface area contributed by atoms with Gasteiger partial charge in [-0.15, -0.1) is 0 Å². The average molecular weight is 357 g/mol. The van der Waals surface area contributed by atoms with Gasteiger partial charge in [0.2, 0.25) is 5.79 Å². The molecule has 0 aliphatic carbocycles. The molecule has 0 unspecified atom stereocenters. The lowest BCUT2D eigenvalue weighted by atomic mass is 9.99. The molecule has 7 N–H and O–H groups in total. The minimum absolute atomic E-state index is 0.678. The van der Waals surface area contributed by atoms with Gasteiger partial charge in [0.1, 0.15) is 55.9 Å². The lowest BCUT2D eigenvalue weighted by Crippen LogP contribution is -2.62. The van der Waals surface area contributed by atoms with Crippen molar-refractivity contribution in [1.29, 1.82) is 0 Å². The zero-order chi connectivity index (χ0) is 18.1. The number of rotatable bonds is 6. The Bertz CT molecular complexity index is 409. The molecule has 9 atom stereocenters. The summed E-state index contributed by atoms with van der Waals surface area (Å²) in [5, 5.41) is 78.0. The molecule has 2 aliphatic heterocycles. The first kappa shape index (κ1) is 19.8. The lowest BCUT2D eigenvalue weighted by molar-refractivity contribution is -0.397. The summed E-state index contributed by atoms with van der Waals surface area (Å²) in [5.74, 6) is -2.26. The van der Waals surface area contributed by atoms with E-state index in [1.54, 1.807) is 0 Å². The largest absolute Gasteiger partial charge is 0.394 e. The van der Waals surface area contributed by atoms with Crippen LogP contribution in [-0.4, -0.2) is 110 Å². The molecule has 0 amide bonds. The summed E-state index contributed by atoms with van der Waals surface area (Å²) >= 11 is 0. The molecule has 2 saturated heterocycles. The Labute approximate surface area is 135 Å². The van der Waals surface area contributed by atoms with Crippen LogP contribution in [0.3, 0.4) is 0 Å². The van der Waals surface area contributed by atoms with Gasteiger partial charge < -0.3 is 50.0 Å². The minimum atomic E-state index is -2.26. The SMILES string of the molecule is [O]OC[C@H]1O[C@H](O[C@]2(CO)O[C@H](CO)[C@@H](O)[C@@H]2O)[C@H](O)[C@@H](O)[C@@H]1O. The molecule has 0 bridgehead atoms. The Kier molecular flexibility index (Phi) is 6.46. The van der Waals surface area contributed by atoms with Crippen LogP contribution in [0.2, 0.25) is 0 Å². The third kappa shape index (κ3) is 3.41. The van der Waals surface area contributed by atoms with E-state index in [1.165, 1.54) is 0 Å². The van der Waals surface area contributed by atoms with Crippen molar-refractivity contribution in [2.75, 3.05) is 19.8 Å². The normalized spacial score (nSPS) is 49.5. The molecule has 141 valence electrons. The standard InChI is InChI=1S/C12H21O12/c13-1-4-7(16)10(19)12(3-14,23-4)24-11-9(18)8(17)6(15)5(22-11)2-21-20/h4-11,13-19H,1-3H2/t4-,5-,6-,7-,8+,9-,10+,11-,12+/m1/s1. The molecule has 0 aromatic rings. The molecular weight excluding hydrogens is 336 g/mol. The molecule has 2 rings (SSSR count). The van der Waals surface area contributed by atoms with Gasteiger partial charge in [0.05, 0.1) is 6.61 Å². The zero-order valence-corrected chi connectivity index (χ0v) is 12.4. The van der Waals surface area contributed by atoms with Crippen LogP contribution in [-0.2, 0) is 24.4 Å². The third-order valence-electron chi connectivity index (χ3n) is 4.12. The molecule has 2 aliphatic rings. The number of hydrogen-bond donors (Lipinski definition) is 7. The quantitative estimate of drug-likeness (QED) is 0.177. The summed E-state index contributed by atoms with van der Waals surface area (Å²) in [4.78, 5) is 3.59. The van der Waals surface area contributed by atoms with Crippen LogP contribution in [0.4, 0.5) is 0 Å². The van der Waals surface area contributed by atoms with Crippen LogP contribution in [0.5, 0.6) is 0 Å². The number of hydrogen-bond acceptors (Lipinski definition) is 11. The molecule has 24 heavy (non-hydrogen) atoms. The maximum absolute atomic E-state index is 10.2. The first-order valence-electron chi connectivity index (χ1n) is 7.19. The Morgan fingerprint density at radius 2 is 1.58 bits per heavy atom. The number of ether oxygens (including phenoxy) is 3. The minimum Gasteiger partial charge on any atom is -0.394 e. The second kappa shape index (κ2) is 7.82. The predicted octanol–water partition coefficient (Wildman–Crippen LogP) is -5.03. The van der Waals surface area contributed by atoms with Crippen LogP contribution >= 0.6 is 0 Å². The average Bonchev–Trinajstić information content (AvgIpc) is 2.82. The van der Waals surface area contributed by atoms with Crippen molar-refractivity contribution >= 4 is 0 Å². The highest BCUT2D eigenvalue weighted by atomic mass is 17.1. The second-order valence-electron chi connectivity index (χ2n) is 5.66. The lowest BCUT2D eigenvalue weighted by Gasteiger charge is -2.43. The first-order valence-corrected chi connectivity index (χ1v) is 7.19. The van der Waals surface area contributed by atoms with Gasteiger partial charge in [-0.05, 0) is 5.26 Å². The zero-order valence-electron chi connectivity index (χ0n) is 12.4. The summed E-state index contributed by atoms with van der Waals surface area (Å²) in [5.41, 5.74) is 0. The van der Waals surface area contributed by atoms with Crippen LogP contribution in [0.1, 0.15) is 0 Å². The highest BCUT2D eigenvalue weighted by Crippen LogP contribution is 2.35. The van der Waals surface area contributed by atoms with E-state index in [9.17, 15) is 35.9 Å². The highest BCUT2D eigenvalue weighted by Gasteiger charge is 2.58. The first-order chi connectivity index (χ1) is 11.3. The van der Waals surface area contributed by atoms with Gasteiger partial charge in [-0.1, -0.05) is 0 Å². The predicted molar refractivity (Wildman–Crippen MR) is 68.2 cm³/mol. The van der Waals surface area contributed by atoms with Crippen molar-refractivity contribution in [1.82, 2.24) is 0 Å². The Morgan fingerprint density at radius 3 is 2.08 bits per heavy atom. The topological polar surface area (TPSA) is 198 Å². The monoisotopic (exact) mass is 357 g/mol. The maximum atomic E-state index is 10.2. The van der Waals surface area contributed by atoms with E-state index in [0.29, 0.717) is 0 Å². The molecule has 0 spiro atoms. The van der Waals surface area contributed by atoms with Crippen molar-refractivity contribution < 1.29 is 60.1 Å². The van der Waals surface area contributed by atoms with Gasteiger partial charge in [0, 0.05) is 0 Å². The van der Waals surface area contributed by atoms with E-state index in [4.69, 9.17) is 19.3 Å². The molecule has 1 radical (unpaired) electrons. The smallest absolute Gasteiger partial charge is 0.224 e. The van der Waals surface area contributed by atoms with Gasteiger partial charge in [-0.3, -0.25) is 0 Å². The summed E-state index contributed by atoms with van der Waals surface area (Å²) in [7, 11) is 0. The maximum Gasteiger partial charge on any atom is 0.224 e. The van der Waals surface area contributed by atoms with Crippen LogP contribution in [0.25, 0.3) is 0 Å². The molecule has 0 saturated carbocycles. The number of aliphatic hydroxyl groups excluding tert-OH is 7. The van der Waals surface area contributed by atoms with Gasteiger partial charge in [0.25, 0.3) is 0 Å². The summed E-state index contributed by atoms with van der Waals surface area (Å²) in [6.07, 6.45) is -13.0. The van der Waals surface area contributed by atoms with E-state index >= 15 is 0 Å². The van der Waals surface area contributed by atoms with Crippen molar-refractivity contribution in [2.45, 2.75) is 54.8 Å². The van der Waals surface area contributed by atoms with Crippen molar-refractivity contribution in [3.05, 3.63) is 0 Å². The van der Waals surface area contributed by atoms with Crippen LogP contribution < -0.4 is 0 Å². The fraction of sp³-hybridized carbons (Fsp3) is 1.00. The van der Waals surface area contributed by atoms with Crippen molar-refractivity contribution in [3.63, 3.8) is 0 Å². The third-order valence-corrected chi connectivity index (χ3v) is 4.12. The van der Waals surface area contributed by atoms with Crippen LogP contribution in [0, 0.1) is 0 Å². The van der Waals surface area contributed by atoms with Crippen molar-refractivity contribution in [2.24, 2.45) is 0 Å². The van der Waals surface area contributed by atoms with E-state index in [0.717, 1.165) is 0 Å². The molecule has 2 heterocycles. The molecule has 0 aromatic carbocycles. The van der Waals surface area contributed by atoms with E-state index in [-0.39, 0.29) is 0 Å². The Morgan fingerprint density at radius 1 is 0.917 bits per heavy atom. The van der Waals surface area contributed by atoms with Gasteiger partial charge in [0.15, 0.2) is 6.29 Å². The van der Waals surface area contributed by atoms with Gasteiger partial charge >= 0.3 is 0 Å². The van der Waals surface area contributed by atoms with Gasteiger partial charge in [-0.2, -0.15) is 0 Å². The number of aliphatic hydroxyl groups is 7. The van der Waals surface area contributed by atoms with Gasteiger partial charge in [-0.25, -0.2) is 4.89 Å². The molecular formula is C12H21O12. The van der Waals surface area contributed by atoms with Crippen LogP contribution in [0.15, 0.2) is 0 Å². The van der Waals surface area contributed by atoms with E-state index < -0.39 is 74.6 Å². The van der Waals surface area contributed by atoms with E-state index in [1.807, 2.05) is 0 Å². The molecule has 12 heteroatoms. The molecule has 0 aromatic heterocycles. The molecule has 2 fully saturated rings. The van der Waals surface area contributed by atoms with E-state index in [2.05, 4.69) is 4.89 Å². The Hall–Kier alpha value is -0.480. The summed E-state index contributed by atoms with van der Waals surface area (Å²) < 4.78 is 15.5. The summed E-state index contributed by atoms with van der Waals surface area (Å²) in [6.45, 7) is -2.36. The highest BCUT2D eigenvalue weighted by molar-refractivity contribution is 4.98. The van der Waals surface area contributed by atoms with Crippen molar-refractivity contribution in [3.8, 4) is 0 Å². The second-order valence-corrected chi connectivity index (χ2v) is 5.66. The Balaban J connectivity index is 2.17. The summed E-state index contributed by atoms with van der Waals surface area (Å²) in [6, 6.07) is 0. The molecule has 12 nitrogen and oxygen atoms in total. The fourth-order valence-corrected chi connectivity index (χ4v) is 2.69.